The molecule has 2 aromatic carbocycles. The molecular formula is C33H31ClF2N6O3S. The van der Waals surface area contributed by atoms with Crippen molar-refractivity contribution in [2.24, 2.45) is 0 Å². The van der Waals surface area contributed by atoms with Gasteiger partial charge in [0.2, 0.25) is 5.69 Å². The van der Waals surface area contributed by atoms with Gasteiger partial charge in [-0.25, -0.2) is 13.6 Å². The van der Waals surface area contributed by atoms with Gasteiger partial charge in [-0.05, 0) is 37.4 Å². The number of aromatic nitrogens is 2. The molecule has 0 spiro atoms. The maximum absolute atomic E-state index is 17.1. The molecule has 3 aliphatic heterocycles. The Balaban J connectivity index is 1.47. The van der Waals surface area contributed by atoms with Crippen LogP contribution in [-0.4, -0.2) is 73.0 Å². The van der Waals surface area contributed by atoms with Crippen molar-refractivity contribution in [3.05, 3.63) is 65.0 Å². The predicted octanol–water partition coefficient (Wildman–Crippen LogP) is 7.15. The number of nitrogens with zero attached hydrogens (tertiary/aromatic N) is 5. The van der Waals surface area contributed by atoms with Gasteiger partial charge in [0, 0.05) is 31.1 Å². The van der Waals surface area contributed by atoms with Gasteiger partial charge in [-0.1, -0.05) is 35.9 Å². The third-order valence-electron chi connectivity index (χ3n) is 9.20. The first-order valence-electron chi connectivity index (χ1n) is 14.9. The number of anilines is 2. The van der Waals surface area contributed by atoms with Crippen LogP contribution in [0.5, 0.6) is 11.8 Å². The number of nitrogen functional groups attached to an aromatic ring is 1. The Morgan fingerprint density at radius 1 is 1.33 bits per heavy atom. The van der Waals surface area contributed by atoms with Crippen molar-refractivity contribution in [3.8, 4) is 22.9 Å². The number of methoxy groups -OCH3 is 1. The van der Waals surface area contributed by atoms with Crippen molar-refractivity contribution in [2.45, 2.75) is 30.8 Å². The number of halogens is 3. The summed E-state index contributed by atoms with van der Waals surface area (Å²) in [5.74, 6) is -0.827. The molecule has 3 aliphatic rings. The molecule has 0 amide bonds. The number of ether oxygens (including phenoxy) is 3. The minimum Gasteiger partial charge on any atom is -0.489 e. The zero-order valence-electron chi connectivity index (χ0n) is 25.2. The van der Waals surface area contributed by atoms with Crippen LogP contribution in [-0.2, 0) is 4.74 Å². The van der Waals surface area contributed by atoms with Crippen molar-refractivity contribution in [3.63, 3.8) is 0 Å². The molecule has 2 atom stereocenters. The van der Waals surface area contributed by atoms with E-state index >= 15 is 4.39 Å². The summed E-state index contributed by atoms with van der Waals surface area (Å²) in [5, 5.41) is 0.513. The maximum Gasteiger partial charge on any atom is 0.319 e. The highest BCUT2D eigenvalue weighted by molar-refractivity contribution is 7.23. The van der Waals surface area contributed by atoms with Crippen LogP contribution in [0.15, 0.2) is 36.9 Å². The maximum atomic E-state index is 17.1. The second-order valence-electron chi connectivity index (χ2n) is 11.9. The van der Waals surface area contributed by atoms with Crippen molar-refractivity contribution in [1.82, 2.24) is 14.9 Å². The molecule has 9 nitrogen and oxygen atoms in total. The average molecular weight is 665 g/mol. The number of thiophene rings is 1. The van der Waals surface area contributed by atoms with Gasteiger partial charge in [0.1, 0.15) is 30.4 Å². The molecule has 0 saturated carbocycles. The van der Waals surface area contributed by atoms with Crippen molar-refractivity contribution >= 4 is 60.4 Å². The molecule has 4 aromatic rings. The Labute approximate surface area is 273 Å². The Kier molecular flexibility index (Phi) is 7.76. The molecule has 0 bridgehead atoms. The highest BCUT2D eigenvalue weighted by Gasteiger charge is 2.46. The summed E-state index contributed by atoms with van der Waals surface area (Å²) in [7, 11) is 1.60. The van der Waals surface area contributed by atoms with Gasteiger partial charge >= 0.3 is 6.01 Å². The zero-order valence-corrected chi connectivity index (χ0v) is 26.7. The van der Waals surface area contributed by atoms with Gasteiger partial charge < -0.3 is 24.8 Å². The lowest BCUT2D eigenvalue weighted by Gasteiger charge is -2.31. The van der Waals surface area contributed by atoms with Crippen LogP contribution >= 0.6 is 22.9 Å². The molecule has 13 heteroatoms. The lowest BCUT2D eigenvalue weighted by atomic mass is 9.94. The third-order valence-corrected chi connectivity index (χ3v) is 10.6. The van der Waals surface area contributed by atoms with Gasteiger partial charge in [-0.3, -0.25) is 4.90 Å². The quantitative estimate of drug-likeness (QED) is 0.157. The summed E-state index contributed by atoms with van der Waals surface area (Å²) >= 11 is 7.95. The Bertz CT molecular complexity index is 1980. The molecule has 2 aromatic heterocycles. The second-order valence-corrected chi connectivity index (χ2v) is 13.3. The SMILES string of the molecule is [C-]#[N+]c1c(N)sc2c(F)ccc(-c3c(Cl)c4c5c(nc(OC[C@@]67CCCN6CC(=C)C7)nc5c3F)N(CCOC)[C@@H](C=C)CO4)c12. The van der Waals surface area contributed by atoms with Gasteiger partial charge in [-0.15, -0.1) is 17.9 Å². The lowest BCUT2D eigenvalue weighted by Crippen LogP contribution is -2.43. The number of fused-ring (bicyclic) bond motifs is 2. The van der Waals surface area contributed by atoms with Crippen LogP contribution in [0.1, 0.15) is 19.3 Å². The van der Waals surface area contributed by atoms with Crippen LogP contribution in [0, 0.1) is 18.2 Å². The monoisotopic (exact) mass is 664 g/mol. The molecule has 2 N–H and O–H groups in total. The molecule has 46 heavy (non-hydrogen) atoms. The van der Waals surface area contributed by atoms with Crippen LogP contribution in [0.4, 0.5) is 25.3 Å². The standard InChI is InChI=1S/C33H31ClF2N6O3S/c1-5-18-15-44-28-23-26(25(36)21(24(28)34)19-7-8-20(35)29-22(19)27(38-3)30(37)46-29)39-32(40-31(23)42(18)11-12-43-4)45-16-33-9-6-10-41(33)14-17(2)13-33/h5,7-8,18H,1-2,6,9-16,37H2,4H3/t18-,33-/m0/s1. The van der Waals surface area contributed by atoms with Crippen molar-refractivity contribution in [1.29, 1.82) is 0 Å². The summed E-state index contributed by atoms with van der Waals surface area (Å²) in [6, 6.07) is 2.23. The fraction of sp³-hybridized carbons (Fsp3) is 0.364. The molecule has 2 saturated heterocycles. The van der Waals surface area contributed by atoms with Gasteiger partial charge in [0.15, 0.2) is 11.6 Å². The molecule has 2 fully saturated rings. The van der Waals surface area contributed by atoms with E-state index in [1.54, 1.807) is 13.2 Å². The number of nitrogens with two attached hydrogens (primary N) is 1. The number of benzene rings is 2. The molecule has 0 radical (unpaired) electrons. The highest BCUT2D eigenvalue weighted by Crippen LogP contribution is 2.53. The zero-order chi connectivity index (χ0) is 32.3. The van der Waals surface area contributed by atoms with Crippen LogP contribution in [0.3, 0.4) is 0 Å². The highest BCUT2D eigenvalue weighted by atomic mass is 35.5. The summed E-state index contributed by atoms with van der Waals surface area (Å²) in [6.07, 6.45) is 4.53. The van der Waals surface area contributed by atoms with Crippen LogP contribution in [0.2, 0.25) is 5.02 Å². The summed E-state index contributed by atoms with van der Waals surface area (Å²) in [6.45, 7) is 18.9. The predicted molar refractivity (Wildman–Crippen MR) is 177 cm³/mol. The largest absolute Gasteiger partial charge is 0.489 e. The average Bonchev–Trinajstić information content (AvgIpc) is 3.65. The van der Waals surface area contributed by atoms with Gasteiger partial charge in [-0.2, -0.15) is 9.97 Å². The van der Waals surface area contributed by atoms with E-state index in [2.05, 4.69) is 27.9 Å². The Hall–Kier alpha value is -4.02. The second kappa shape index (κ2) is 11.7. The van der Waals surface area contributed by atoms with Crippen molar-refractivity contribution in [2.75, 3.05) is 57.2 Å². The minimum atomic E-state index is -0.784. The smallest absolute Gasteiger partial charge is 0.319 e. The van der Waals surface area contributed by atoms with E-state index in [1.807, 2.05) is 4.90 Å². The summed E-state index contributed by atoms with van der Waals surface area (Å²) in [5.41, 5.74) is 7.11. The van der Waals surface area contributed by atoms with Crippen molar-refractivity contribution < 1.29 is 23.0 Å². The van der Waals surface area contributed by atoms with E-state index in [4.69, 9.17) is 43.1 Å². The number of hydrogen-bond acceptors (Lipinski definition) is 9. The van der Waals surface area contributed by atoms with Gasteiger partial charge in [0.25, 0.3) is 0 Å². The first-order valence-corrected chi connectivity index (χ1v) is 16.1. The van der Waals surface area contributed by atoms with Gasteiger partial charge in [0.05, 0.1) is 44.9 Å². The van der Waals surface area contributed by atoms with Crippen LogP contribution in [0.25, 0.3) is 37.0 Å². The van der Waals surface area contributed by atoms with E-state index in [-0.39, 0.29) is 77.8 Å². The lowest BCUT2D eigenvalue weighted by molar-refractivity contribution is 0.108. The van der Waals surface area contributed by atoms with Crippen LogP contribution < -0.4 is 20.1 Å². The first kappa shape index (κ1) is 30.6. The first-order chi connectivity index (χ1) is 22.2. The topological polar surface area (TPSA) is 90.3 Å². The van der Waals surface area contributed by atoms with E-state index < -0.39 is 11.6 Å². The molecule has 238 valence electrons. The third kappa shape index (κ3) is 4.68. The molecule has 7 rings (SSSR count). The number of hydrogen-bond donors (Lipinski definition) is 1. The van der Waals surface area contributed by atoms with E-state index in [0.29, 0.717) is 25.6 Å². The summed E-state index contributed by atoms with van der Waals surface area (Å²) in [4.78, 5) is 17.3. The molecule has 0 aliphatic carbocycles. The normalized spacial score (nSPS) is 21.0. The Morgan fingerprint density at radius 3 is 2.91 bits per heavy atom. The Morgan fingerprint density at radius 2 is 2.15 bits per heavy atom. The van der Waals surface area contributed by atoms with E-state index in [0.717, 1.165) is 49.3 Å². The fourth-order valence-corrected chi connectivity index (χ4v) is 8.36. The molecule has 0 unspecified atom stereocenters. The molecular weight excluding hydrogens is 634 g/mol. The fourth-order valence-electron chi connectivity index (χ4n) is 7.09. The van der Waals surface area contributed by atoms with E-state index in [1.165, 1.54) is 12.1 Å². The molecule has 5 heterocycles. The minimum absolute atomic E-state index is 0.00244. The summed E-state index contributed by atoms with van der Waals surface area (Å²) < 4.78 is 50.2. The number of rotatable bonds is 8. The van der Waals surface area contributed by atoms with E-state index in [9.17, 15) is 4.39 Å².